The molecule has 140 valence electrons. The Morgan fingerprint density at radius 1 is 0.741 bits per heavy atom. The Balaban J connectivity index is 2.23. The van der Waals surface area contributed by atoms with Crippen molar-refractivity contribution in [3.63, 3.8) is 0 Å². The van der Waals surface area contributed by atoms with Crippen molar-refractivity contribution in [2.45, 2.75) is 30.6 Å². The summed E-state index contributed by atoms with van der Waals surface area (Å²) < 4.78 is 32.9. The van der Waals surface area contributed by atoms with Gasteiger partial charge in [0.05, 0.1) is 0 Å². The van der Waals surface area contributed by atoms with Crippen molar-refractivity contribution in [3.8, 4) is 5.75 Å². The van der Waals surface area contributed by atoms with Gasteiger partial charge in [-0.05, 0) is 22.8 Å². The highest BCUT2D eigenvalue weighted by atomic mass is 32.2. The molecule has 3 rings (SSSR count). The minimum absolute atomic E-state index is 0.0614. The van der Waals surface area contributed by atoms with Crippen LogP contribution in [-0.2, 0) is 10.1 Å². The van der Waals surface area contributed by atoms with E-state index in [-0.39, 0.29) is 11.8 Å². The SMILES string of the molecule is CC(c1ccccc1)c1ccc(S(=O)(=O)O)c(O)c1C(C)c1ccccc1. The third-order valence-corrected chi connectivity index (χ3v) is 5.88. The highest BCUT2D eigenvalue weighted by Gasteiger charge is 2.27. The third-order valence-electron chi connectivity index (χ3n) is 4.99. The van der Waals surface area contributed by atoms with E-state index in [2.05, 4.69) is 0 Å². The first-order chi connectivity index (χ1) is 12.8. The highest BCUT2D eigenvalue weighted by Crippen LogP contribution is 2.42. The Bertz CT molecular complexity index is 1030. The Hall–Kier alpha value is -2.63. The van der Waals surface area contributed by atoms with Gasteiger partial charge in [0.15, 0.2) is 0 Å². The fourth-order valence-corrected chi connectivity index (χ4v) is 4.07. The van der Waals surface area contributed by atoms with Gasteiger partial charge in [0.25, 0.3) is 10.1 Å². The average molecular weight is 382 g/mol. The van der Waals surface area contributed by atoms with E-state index in [0.29, 0.717) is 5.56 Å². The van der Waals surface area contributed by atoms with E-state index in [1.807, 2.05) is 74.5 Å². The van der Waals surface area contributed by atoms with Crippen LogP contribution in [0, 0.1) is 0 Å². The lowest BCUT2D eigenvalue weighted by Crippen LogP contribution is -2.09. The van der Waals surface area contributed by atoms with Gasteiger partial charge in [-0.3, -0.25) is 4.55 Å². The van der Waals surface area contributed by atoms with Crippen LogP contribution in [0.15, 0.2) is 77.7 Å². The van der Waals surface area contributed by atoms with E-state index in [1.165, 1.54) is 6.07 Å². The zero-order valence-electron chi connectivity index (χ0n) is 15.2. The molecule has 3 aromatic carbocycles. The standard InChI is InChI=1S/C22H22O4S/c1-15(17-9-5-3-6-10-17)19-13-14-20(27(24,25)26)22(23)21(19)16(2)18-11-7-4-8-12-18/h3-16,23H,1-2H3,(H,24,25,26). The molecule has 0 fully saturated rings. The Morgan fingerprint density at radius 3 is 1.70 bits per heavy atom. The van der Waals surface area contributed by atoms with E-state index in [1.54, 1.807) is 6.07 Å². The molecule has 5 heteroatoms. The van der Waals surface area contributed by atoms with Gasteiger partial charge in [0.1, 0.15) is 10.6 Å². The minimum Gasteiger partial charge on any atom is -0.506 e. The van der Waals surface area contributed by atoms with Crippen LogP contribution in [0.1, 0.15) is 47.9 Å². The molecule has 0 spiro atoms. The second-order valence-corrected chi connectivity index (χ2v) is 8.04. The van der Waals surface area contributed by atoms with Crippen molar-refractivity contribution in [3.05, 3.63) is 95.1 Å². The van der Waals surface area contributed by atoms with Crippen molar-refractivity contribution < 1.29 is 18.1 Å². The maximum absolute atomic E-state index is 11.7. The van der Waals surface area contributed by atoms with Crippen molar-refractivity contribution in [2.75, 3.05) is 0 Å². The average Bonchev–Trinajstić information content (AvgIpc) is 2.67. The maximum Gasteiger partial charge on any atom is 0.298 e. The molecule has 0 saturated heterocycles. The van der Waals surface area contributed by atoms with E-state index in [0.717, 1.165) is 16.7 Å². The van der Waals surface area contributed by atoms with Crippen LogP contribution in [0.4, 0.5) is 0 Å². The van der Waals surface area contributed by atoms with Gasteiger partial charge in [-0.25, -0.2) is 0 Å². The Morgan fingerprint density at radius 2 is 1.22 bits per heavy atom. The molecule has 4 nitrogen and oxygen atoms in total. The van der Waals surface area contributed by atoms with Gasteiger partial charge in [0, 0.05) is 17.4 Å². The summed E-state index contributed by atoms with van der Waals surface area (Å²) in [6, 6.07) is 22.3. The molecule has 0 radical (unpaired) electrons. The van der Waals surface area contributed by atoms with E-state index in [9.17, 15) is 18.1 Å². The number of phenolic OH excluding ortho intramolecular Hbond substituents is 1. The summed E-state index contributed by atoms with van der Waals surface area (Å²) in [6.07, 6.45) is 0. The number of hydrogen-bond acceptors (Lipinski definition) is 3. The molecule has 0 aliphatic rings. The number of phenols is 1. The van der Waals surface area contributed by atoms with Gasteiger partial charge in [0.2, 0.25) is 0 Å². The summed E-state index contributed by atoms with van der Waals surface area (Å²) >= 11 is 0. The molecule has 0 aliphatic heterocycles. The lowest BCUT2D eigenvalue weighted by molar-refractivity contribution is 0.435. The van der Waals surface area contributed by atoms with Crippen LogP contribution < -0.4 is 0 Å². The van der Waals surface area contributed by atoms with E-state index < -0.39 is 20.8 Å². The van der Waals surface area contributed by atoms with Crippen LogP contribution in [0.2, 0.25) is 0 Å². The summed E-state index contributed by atoms with van der Waals surface area (Å²) in [5.41, 5.74) is 3.33. The number of hydrogen-bond donors (Lipinski definition) is 2. The topological polar surface area (TPSA) is 74.6 Å². The number of benzene rings is 3. The summed E-state index contributed by atoms with van der Waals surface area (Å²) in [5, 5.41) is 10.8. The summed E-state index contributed by atoms with van der Waals surface area (Å²) in [7, 11) is -4.53. The molecule has 0 saturated carbocycles. The molecule has 0 bridgehead atoms. The largest absolute Gasteiger partial charge is 0.506 e. The minimum atomic E-state index is -4.53. The normalized spacial score (nSPS) is 13.9. The van der Waals surface area contributed by atoms with Gasteiger partial charge >= 0.3 is 0 Å². The number of aromatic hydroxyl groups is 1. The lowest BCUT2D eigenvalue weighted by Gasteiger charge is -2.24. The van der Waals surface area contributed by atoms with E-state index >= 15 is 0 Å². The summed E-state index contributed by atoms with van der Waals surface area (Å²) in [6.45, 7) is 3.93. The molecule has 27 heavy (non-hydrogen) atoms. The second kappa shape index (κ2) is 7.55. The van der Waals surface area contributed by atoms with Crippen LogP contribution in [0.25, 0.3) is 0 Å². The highest BCUT2D eigenvalue weighted by molar-refractivity contribution is 7.86. The van der Waals surface area contributed by atoms with E-state index in [4.69, 9.17) is 0 Å². The molecular formula is C22H22O4S. The Labute approximate surface area is 159 Å². The van der Waals surface area contributed by atoms with Crippen molar-refractivity contribution in [1.82, 2.24) is 0 Å². The predicted molar refractivity (Wildman–Crippen MR) is 106 cm³/mol. The van der Waals surface area contributed by atoms with Gasteiger partial charge in [-0.15, -0.1) is 0 Å². The first-order valence-corrected chi connectivity index (χ1v) is 10.2. The number of rotatable bonds is 5. The van der Waals surface area contributed by atoms with Crippen molar-refractivity contribution in [1.29, 1.82) is 0 Å². The van der Waals surface area contributed by atoms with Crippen LogP contribution >= 0.6 is 0 Å². The molecule has 3 aromatic rings. The van der Waals surface area contributed by atoms with Gasteiger partial charge < -0.3 is 5.11 Å². The molecule has 0 amide bonds. The first-order valence-electron chi connectivity index (χ1n) is 8.74. The molecular weight excluding hydrogens is 360 g/mol. The van der Waals surface area contributed by atoms with Crippen molar-refractivity contribution in [2.24, 2.45) is 0 Å². The van der Waals surface area contributed by atoms with Gasteiger partial charge in [-0.1, -0.05) is 80.6 Å². The fourth-order valence-electron chi connectivity index (χ4n) is 3.47. The fraction of sp³-hybridized carbons (Fsp3) is 0.182. The smallest absolute Gasteiger partial charge is 0.298 e. The maximum atomic E-state index is 11.7. The van der Waals surface area contributed by atoms with Crippen LogP contribution in [-0.4, -0.2) is 18.1 Å². The summed E-state index contributed by atoms with van der Waals surface area (Å²) in [5.74, 6) is -0.711. The molecule has 0 aliphatic carbocycles. The first kappa shape index (κ1) is 19.1. The zero-order chi connectivity index (χ0) is 19.6. The molecule has 2 N–H and O–H groups in total. The van der Waals surface area contributed by atoms with Gasteiger partial charge in [-0.2, -0.15) is 8.42 Å². The van der Waals surface area contributed by atoms with Crippen LogP contribution in [0.5, 0.6) is 5.75 Å². The second-order valence-electron chi connectivity index (χ2n) is 6.66. The molecule has 0 aromatic heterocycles. The quantitative estimate of drug-likeness (QED) is 0.613. The molecule has 2 atom stereocenters. The third kappa shape index (κ3) is 3.89. The van der Waals surface area contributed by atoms with Crippen LogP contribution in [0.3, 0.4) is 0 Å². The monoisotopic (exact) mass is 382 g/mol. The Kier molecular flexibility index (Phi) is 5.35. The summed E-state index contributed by atoms with van der Waals surface area (Å²) in [4.78, 5) is -0.468. The van der Waals surface area contributed by atoms with Crippen molar-refractivity contribution >= 4 is 10.1 Å². The predicted octanol–water partition coefficient (Wildman–Crippen LogP) is 4.94. The zero-order valence-corrected chi connectivity index (χ0v) is 16.0. The molecule has 2 unspecified atom stereocenters. The molecule has 0 heterocycles. The lowest BCUT2D eigenvalue weighted by atomic mass is 9.82.